The van der Waals surface area contributed by atoms with E-state index in [2.05, 4.69) is 31.1 Å². The van der Waals surface area contributed by atoms with Gasteiger partial charge in [0.1, 0.15) is 0 Å². The third-order valence-electron chi connectivity index (χ3n) is 1.58. The monoisotopic (exact) mass is 185 g/mol. The van der Waals surface area contributed by atoms with E-state index in [9.17, 15) is 0 Å². The second-order valence-electron chi connectivity index (χ2n) is 4.88. The van der Waals surface area contributed by atoms with Crippen LogP contribution >= 0.6 is 0 Å². The molecule has 3 N–H and O–H groups in total. The number of nitrogens with one attached hydrogen (secondary N) is 1. The quantitative estimate of drug-likeness (QED) is 0.520. The minimum Gasteiger partial charge on any atom is -0.370 e. The van der Waals surface area contributed by atoms with E-state index in [1.54, 1.807) is 0 Å². The normalized spacial score (nSPS) is 13.5. The molecular formula is C10H23N3. The van der Waals surface area contributed by atoms with E-state index >= 15 is 0 Å². The van der Waals surface area contributed by atoms with Gasteiger partial charge in [0.05, 0.1) is 0 Å². The van der Waals surface area contributed by atoms with Crippen molar-refractivity contribution in [1.29, 1.82) is 0 Å². The molecule has 0 atom stereocenters. The van der Waals surface area contributed by atoms with E-state index in [4.69, 9.17) is 5.73 Å². The first-order valence-corrected chi connectivity index (χ1v) is 4.88. The van der Waals surface area contributed by atoms with E-state index in [-0.39, 0.29) is 0 Å². The Morgan fingerprint density at radius 3 is 2.31 bits per heavy atom. The molecule has 0 aromatic carbocycles. The topological polar surface area (TPSA) is 50.4 Å². The van der Waals surface area contributed by atoms with Crippen LogP contribution in [0.25, 0.3) is 0 Å². The van der Waals surface area contributed by atoms with Crippen LogP contribution in [0.3, 0.4) is 0 Å². The summed E-state index contributed by atoms with van der Waals surface area (Å²) < 4.78 is 0. The highest BCUT2D eigenvalue weighted by Crippen LogP contribution is 2.17. The first-order chi connectivity index (χ1) is 5.81. The summed E-state index contributed by atoms with van der Waals surface area (Å²) in [7, 11) is 0. The SMILES string of the molecule is CC(C)NC(N)=NCCC(C)(C)C. The molecule has 0 aliphatic heterocycles. The molecule has 0 radical (unpaired) electrons. The van der Waals surface area contributed by atoms with Crippen molar-refractivity contribution in [2.24, 2.45) is 16.1 Å². The van der Waals surface area contributed by atoms with Gasteiger partial charge in [0.15, 0.2) is 5.96 Å². The number of guanidine groups is 1. The van der Waals surface area contributed by atoms with Gasteiger partial charge in [0.25, 0.3) is 0 Å². The Hall–Kier alpha value is -0.730. The maximum absolute atomic E-state index is 5.64. The van der Waals surface area contributed by atoms with Gasteiger partial charge in [0.2, 0.25) is 0 Å². The molecule has 0 heterocycles. The van der Waals surface area contributed by atoms with E-state index in [0.717, 1.165) is 13.0 Å². The van der Waals surface area contributed by atoms with Gasteiger partial charge in [-0.05, 0) is 25.7 Å². The number of aliphatic imine (C=N–C) groups is 1. The summed E-state index contributed by atoms with van der Waals surface area (Å²) in [5.41, 5.74) is 5.98. The second kappa shape index (κ2) is 5.10. The molecule has 0 rings (SSSR count). The number of hydrogen-bond acceptors (Lipinski definition) is 1. The molecule has 0 spiro atoms. The summed E-state index contributed by atoms with van der Waals surface area (Å²) in [6, 6.07) is 0.360. The Labute approximate surface area is 81.8 Å². The van der Waals surface area contributed by atoms with E-state index < -0.39 is 0 Å². The lowest BCUT2D eigenvalue weighted by atomic mass is 9.93. The predicted octanol–water partition coefficient (Wildman–Crippen LogP) is 1.74. The number of hydrogen-bond donors (Lipinski definition) is 2. The van der Waals surface area contributed by atoms with Crippen LogP contribution in [0.4, 0.5) is 0 Å². The number of rotatable bonds is 3. The third kappa shape index (κ3) is 9.18. The Bertz CT molecular complexity index is 165. The van der Waals surface area contributed by atoms with Crippen LogP contribution in [0, 0.1) is 5.41 Å². The molecule has 0 saturated heterocycles. The molecule has 0 aromatic heterocycles. The van der Waals surface area contributed by atoms with Crippen molar-refractivity contribution in [2.45, 2.75) is 47.1 Å². The van der Waals surface area contributed by atoms with Crippen molar-refractivity contribution in [2.75, 3.05) is 6.54 Å². The Kier molecular flexibility index (Phi) is 4.81. The van der Waals surface area contributed by atoms with Crippen LogP contribution in [0.2, 0.25) is 0 Å². The molecule has 0 aliphatic rings. The van der Waals surface area contributed by atoms with Crippen molar-refractivity contribution in [3.05, 3.63) is 0 Å². The zero-order chi connectivity index (χ0) is 10.5. The van der Waals surface area contributed by atoms with E-state index in [1.165, 1.54) is 0 Å². The lowest BCUT2D eigenvalue weighted by Crippen LogP contribution is -2.36. The molecule has 0 aromatic rings. The zero-order valence-corrected chi connectivity index (χ0v) is 9.52. The van der Waals surface area contributed by atoms with Crippen LogP contribution in [0.5, 0.6) is 0 Å². The summed E-state index contributed by atoms with van der Waals surface area (Å²) >= 11 is 0. The maximum Gasteiger partial charge on any atom is 0.188 e. The number of nitrogens with two attached hydrogens (primary N) is 1. The molecule has 13 heavy (non-hydrogen) atoms. The molecule has 3 heteroatoms. The van der Waals surface area contributed by atoms with Crippen LogP contribution in [0.1, 0.15) is 41.0 Å². The first-order valence-electron chi connectivity index (χ1n) is 4.88. The Morgan fingerprint density at radius 2 is 1.92 bits per heavy atom. The van der Waals surface area contributed by atoms with Gasteiger partial charge in [0, 0.05) is 12.6 Å². The maximum atomic E-state index is 5.64. The van der Waals surface area contributed by atoms with Crippen LogP contribution in [0.15, 0.2) is 4.99 Å². The largest absolute Gasteiger partial charge is 0.370 e. The van der Waals surface area contributed by atoms with Gasteiger partial charge in [-0.2, -0.15) is 0 Å². The summed E-state index contributed by atoms with van der Waals surface area (Å²) in [6.45, 7) is 11.5. The minimum absolute atomic E-state index is 0.335. The highest BCUT2D eigenvalue weighted by molar-refractivity contribution is 5.77. The highest BCUT2D eigenvalue weighted by Gasteiger charge is 2.08. The Balaban J connectivity index is 3.72. The minimum atomic E-state index is 0.335. The molecule has 0 saturated carbocycles. The van der Waals surface area contributed by atoms with Crippen molar-refractivity contribution >= 4 is 5.96 Å². The molecule has 0 bridgehead atoms. The summed E-state index contributed by atoms with van der Waals surface area (Å²) in [5.74, 6) is 0.555. The van der Waals surface area contributed by atoms with Gasteiger partial charge >= 0.3 is 0 Å². The fourth-order valence-electron chi connectivity index (χ4n) is 0.853. The van der Waals surface area contributed by atoms with Gasteiger partial charge in [-0.3, -0.25) is 4.99 Å². The third-order valence-corrected chi connectivity index (χ3v) is 1.58. The molecule has 3 nitrogen and oxygen atoms in total. The zero-order valence-electron chi connectivity index (χ0n) is 9.52. The summed E-state index contributed by atoms with van der Waals surface area (Å²) in [4.78, 5) is 4.23. The molecule has 0 aliphatic carbocycles. The van der Waals surface area contributed by atoms with Crippen molar-refractivity contribution in [3.63, 3.8) is 0 Å². The van der Waals surface area contributed by atoms with Gasteiger partial charge in [-0.15, -0.1) is 0 Å². The van der Waals surface area contributed by atoms with E-state index in [1.807, 2.05) is 13.8 Å². The van der Waals surface area contributed by atoms with Crippen LogP contribution in [-0.4, -0.2) is 18.5 Å². The Morgan fingerprint density at radius 1 is 1.38 bits per heavy atom. The van der Waals surface area contributed by atoms with Crippen LogP contribution in [-0.2, 0) is 0 Å². The number of nitrogens with zero attached hydrogens (tertiary/aromatic N) is 1. The van der Waals surface area contributed by atoms with Crippen molar-refractivity contribution in [1.82, 2.24) is 5.32 Å². The average molecular weight is 185 g/mol. The second-order valence-corrected chi connectivity index (χ2v) is 4.88. The van der Waals surface area contributed by atoms with E-state index in [0.29, 0.717) is 17.4 Å². The summed E-state index contributed by atoms with van der Waals surface area (Å²) in [5, 5.41) is 3.06. The first kappa shape index (κ1) is 12.3. The van der Waals surface area contributed by atoms with Gasteiger partial charge < -0.3 is 11.1 Å². The van der Waals surface area contributed by atoms with Gasteiger partial charge in [-0.1, -0.05) is 20.8 Å². The molecule has 0 fully saturated rings. The van der Waals surface area contributed by atoms with Gasteiger partial charge in [-0.25, -0.2) is 0 Å². The molecular weight excluding hydrogens is 162 g/mol. The highest BCUT2D eigenvalue weighted by atomic mass is 15.1. The molecule has 78 valence electrons. The standard InChI is InChI=1S/C10H23N3/c1-8(2)13-9(11)12-7-6-10(3,4)5/h8H,6-7H2,1-5H3,(H3,11,12,13). The lowest BCUT2D eigenvalue weighted by molar-refractivity contribution is 0.385. The van der Waals surface area contributed by atoms with Crippen LogP contribution < -0.4 is 11.1 Å². The fraction of sp³-hybridized carbons (Fsp3) is 0.900. The predicted molar refractivity (Wildman–Crippen MR) is 58.8 cm³/mol. The lowest BCUT2D eigenvalue weighted by Gasteiger charge is -2.16. The molecule has 0 unspecified atom stereocenters. The average Bonchev–Trinajstić information content (AvgIpc) is 1.81. The molecule has 0 amide bonds. The van der Waals surface area contributed by atoms with Crippen molar-refractivity contribution in [3.8, 4) is 0 Å². The fourth-order valence-corrected chi connectivity index (χ4v) is 0.853. The summed E-state index contributed by atoms with van der Waals surface area (Å²) in [6.07, 6.45) is 1.06. The smallest absolute Gasteiger partial charge is 0.188 e. The van der Waals surface area contributed by atoms with Crippen molar-refractivity contribution < 1.29 is 0 Å².